The van der Waals surface area contributed by atoms with Crippen LogP contribution in [-0.2, 0) is 9.53 Å². The Morgan fingerprint density at radius 2 is 1.77 bits per heavy atom. The molecule has 0 atom stereocenters. The number of alkyl carbamates (subject to hydrolysis) is 1. The number of carbonyl (C=O) groups excluding carboxylic acids is 2. The lowest BCUT2D eigenvalue weighted by atomic mass is 10.2. The first-order valence-electron chi connectivity index (χ1n) is 4.02. The van der Waals surface area contributed by atoms with Gasteiger partial charge in [-0.05, 0) is 20.8 Å². The Hall–Kier alpha value is -1.26. The minimum Gasteiger partial charge on any atom is -0.444 e. The molecular formula is C8H16N2O3. The van der Waals surface area contributed by atoms with E-state index in [4.69, 9.17) is 4.74 Å². The third-order valence-electron chi connectivity index (χ3n) is 0.969. The van der Waals surface area contributed by atoms with Crippen LogP contribution in [0.1, 0.15) is 27.7 Å². The number of amides is 2. The van der Waals surface area contributed by atoms with Gasteiger partial charge in [0.1, 0.15) is 5.60 Å². The fourth-order valence-electron chi connectivity index (χ4n) is 0.555. The third kappa shape index (κ3) is 8.65. The second-order valence-electron chi connectivity index (χ2n) is 3.59. The molecule has 2 N–H and O–H groups in total. The molecule has 13 heavy (non-hydrogen) atoms. The van der Waals surface area contributed by atoms with Gasteiger partial charge in [0.15, 0.2) is 0 Å². The molecule has 0 rings (SSSR count). The van der Waals surface area contributed by atoms with Gasteiger partial charge in [-0.25, -0.2) is 4.79 Å². The average molecular weight is 188 g/mol. The summed E-state index contributed by atoms with van der Waals surface area (Å²) in [6.45, 7) is 6.77. The van der Waals surface area contributed by atoms with Gasteiger partial charge in [-0.3, -0.25) is 4.79 Å². The fraction of sp³-hybridized carbons (Fsp3) is 0.750. The molecule has 0 heterocycles. The van der Waals surface area contributed by atoms with Crippen molar-refractivity contribution in [2.45, 2.75) is 33.3 Å². The van der Waals surface area contributed by atoms with Crippen molar-refractivity contribution in [2.75, 3.05) is 6.67 Å². The van der Waals surface area contributed by atoms with E-state index in [9.17, 15) is 9.59 Å². The van der Waals surface area contributed by atoms with Crippen LogP contribution >= 0.6 is 0 Å². The Bertz CT molecular complexity index is 196. The molecule has 0 saturated heterocycles. The van der Waals surface area contributed by atoms with Gasteiger partial charge in [0.25, 0.3) is 0 Å². The zero-order chi connectivity index (χ0) is 10.5. The zero-order valence-corrected chi connectivity index (χ0v) is 8.43. The lowest BCUT2D eigenvalue weighted by Crippen LogP contribution is -2.39. The summed E-state index contributed by atoms with van der Waals surface area (Å²) < 4.78 is 4.92. The Labute approximate surface area is 77.8 Å². The van der Waals surface area contributed by atoms with Crippen LogP contribution in [0.3, 0.4) is 0 Å². The minimum absolute atomic E-state index is 0.0875. The number of hydrogen-bond acceptors (Lipinski definition) is 3. The highest BCUT2D eigenvalue weighted by molar-refractivity contribution is 5.73. The molecule has 0 spiro atoms. The van der Waals surface area contributed by atoms with Gasteiger partial charge in [-0.1, -0.05) is 0 Å². The standard InChI is InChI=1S/C8H16N2O3/c1-6(11)9-5-10-7(12)13-8(2,3)4/h5H2,1-4H3,(H,9,11)(H,10,12). The van der Waals surface area contributed by atoms with E-state index in [-0.39, 0.29) is 12.6 Å². The van der Waals surface area contributed by atoms with Gasteiger partial charge >= 0.3 is 6.09 Å². The van der Waals surface area contributed by atoms with Crippen molar-refractivity contribution < 1.29 is 14.3 Å². The number of ether oxygens (including phenoxy) is 1. The molecule has 0 aliphatic carbocycles. The first-order chi connectivity index (χ1) is 5.81. The molecule has 0 aliphatic rings. The van der Waals surface area contributed by atoms with Gasteiger partial charge < -0.3 is 15.4 Å². The number of nitrogens with one attached hydrogen (secondary N) is 2. The second kappa shape index (κ2) is 4.69. The Morgan fingerprint density at radius 3 is 2.15 bits per heavy atom. The smallest absolute Gasteiger partial charge is 0.409 e. The van der Waals surface area contributed by atoms with Crippen molar-refractivity contribution >= 4 is 12.0 Å². The van der Waals surface area contributed by atoms with Crippen molar-refractivity contribution in [3.63, 3.8) is 0 Å². The van der Waals surface area contributed by atoms with Crippen molar-refractivity contribution in [3.8, 4) is 0 Å². The van der Waals surface area contributed by atoms with Crippen molar-refractivity contribution in [3.05, 3.63) is 0 Å². The number of rotatable bonds is 2. The van der Waals surface area contributed by atoms with E-state index in [1.54, 1.807) is 20.8 Å². The highest BCUT2D eigenvalue weighted by Gasteiger charge is 2.15. The van der Waals surface area contributed by atoms with Crippen LogP contribution in [0.25, 0.3) is 0 Å². The van der Waals surface area contributed by atoms with Crippen LogP contribution in [0, 0.1) is 0 Å². The molecule has 0 bridgehead atoms. The molecule has 5 heteroatoms. The predicted molar refractivity (Wildman–Crippen MR) is 48.1 cm³/mol. The molecule has 0 aromatic heterocycles. The summed E-state index contributed by atoms with van der Waals surface area (Å²) >= 11 is 0. The summed E-state index contributed by atoms with van der Waals surface area (Å²) in [7, 11) is 0. The maximum atomic E-state index is 11.0. The Kier molecular flexibility index (Phi) is 4.23. The van der Waals surface area contributed by atoms with E-state index in [0.29, 0.717) is 0 Å². The second-order valence-corrected chi connectivity index (χ2v) is 3.59. The van der Waals surface area contributed by atoms with Crippen LogP contribution < -0.4 is 10.6 Å². The topological polar surface area (TPSA) is 67.4 Å². The van der Waals surface area contributed by atoms with E-state index < -0.39 is 11.7 Å². The van der Waals surface area contributed by atoms with E-state index in [2.05, 4.69) is 10.6 Å². The molecule has 0 aromatic rings. The SMILES string of the molecule is CC(=O)NCNC(=O)OC(C)(C)C. The molecule has 0 aromatic carbocycles. The van der Waals surface area contributed by atoms with Gasteiger partial charge in [0, 0.05) is 6.92 Å². The van der Waals surface area contributed by atoms with E-state index >= 15 is 0 Å². The summed E-state index contributed by atoms with van der Waals surface area (Å²) in [6.07, 6.45) is -0.541. The summed E-state index contributed by atoms with van der Waals surface area (Å²) in [5, 5.41) is 4.79. The predicted octanol–water partition coefficient (Wildman–Crippen LogP) is 0.605. The van der Waals surface area contributed by atoms with Crippen molar-refractivity contribution in [2.24, 2.45) is 0 Å². The molecular weight excluding hydrogens is 172 g/mol. The van der Waals surface area contributed by atoms with Gasteiger partial charge in [0.2, 0.25) is 5.91 Å². The molecule has 0 radical (unpaired) electrons. The summed E-state index contributed by atoms with van der Waals surface area (Å²) in [4.78, 5) is 21.4. The lowest BCUT2D eigenvalue weighted by Gasteiger charge is -2.19. The highest BCUT2D eigenvalue weighted by Crippen LogP contribution is 2.05. The van der Waals surface area contributed by atoms with E-state index in [1.165, 1.54) is 6.92 Å². The maximum absolute atomic E-state index is 11.0. The minimum atomic E-state index is -0.541. The van der Waals surface area contributed by atoms with Crippen LogP contribution in [-0.4, -0.2) is 24.3 Å². The third-order valence-corrected chi connectivity index (χ3v) is 0.969. The highest BCUT2D eigenvalue weighted by atomic mass is 16.6. The Morgan fingerprint density at radius 1 is 1.23 bits per heavy atom. The molecule has 0 saturated carbocycles. The largest absolute Gasteiger partial charge is 0.444 e. The quantitative estimate of drug-likeness (QED) is 0.624. The maximum Gasteiger partial charge on any atom is 0.409 e. The van der Waals surface area contributed by atoms with Crippen LogP contribution in [0.5, 0.6) is 0 Å². The number of carbonyl (C=O) groups is 2. The van der Waals surface area contributed by atoms with Crippen LogP contribution in [0.4, 0.5) is 4.79 Å². The van der Waals surface area contributed by atoms with Gasteiger partial charge in [-0.15, -0.1) is 0 Å². The van der Waals surface area contributed by atoms with Crippen molar-refractivity contribution in [1.29, 1.82) is 0 Å². The average Bonchev–Trinajstić information content (AvgIpc) is 1.81. The van der Waals surface area contributed by atoms with E-state index in [0.717, 1.165) is 0 Å². The summed E-state index contributed by atoms with van der Waals surface area (Å²) in [6, 6.07) is 0. The first-order valence-corrected chi connectivity index (χ1v) is 4.02. The van der Waals surface area contributed by atoms with E-state index in [1.807, 2.05) is 0 Å². The monoisotopic (exact) mass is 188 g/mol. The fourth-order valence-corrected chi connectivity index (χ4v) is 0.555. The molecule has 5 nitrogen and oxygen atoms in total. The molecule has 0 aliphatic heterocycles. The van der Waals surface area contributed by atoms with Crippen LogP contribution in [0.15, 0.2) is 0 Å². The first kappa shape index (κ1) is 11.7. The summed E-state index contributed by atoms with van der Waals surface area (Å²) in [5.41, 5.74) is -0.514. The summed E-state index contributed by atoms with van der Waals surface area (Å²) in [5.74, 6) is -0.198. The molecule has 76 valence electrons. The van der Waals surface area contributed by atoms with Gasteiger partial charge in [-0.2, -0.15) is 0 Å². The number of hydrogen-bond donors (Lipinski definition) is 2. The van der Waals surface area contributed by atoms with Crippen molar-refractivity contribution in [1.82, 2.24) is 10.6 Å². The Balaban J connectivity index is 3.59. The normalized spacial score (nSPS) is 10.5. The molecule has 2 amide bonds. The lowest BCUT2D eigenvalue weighted by molar-refractivity contribution is -0.119. The van der Waals surface area contributed by atoms with Gasteiger partial charge in [0.05, 0.1) is 6.67 Å². The molecule has 0 fully saturated rings. The molecule has 0 unspecified atom stereocenters. The zero-order valence-electron chi connectivity index (χ0n) is 8.43. The van der Waals surface area contributed by atoms with Crippen LogP contribution in [0.2, 0.25) is 0 Å².